The first-order valence-electron chi connectivity index (χ1n) is 6.34. The van der Waals surface area contributed by atoms with E-state index >= 15 is 0 Å². The molecular weight excluding hydrogens is 270 g/mol. The molecule has 20 heavy (non-hydrogen) atoms. The lowest BCUT2D eigenvalue weighted by Crippen LogP contribution is -2.47. The zero-order chi connectivity index (χ0) is 14.5. The van der Waals surface area contributed by atoms with Gasteiger partial charge in [-0.25, -0.2) is 0 Å². The number of hydrogen-bond donors (Lipinski definition) is 2. The minimum Gasteiger partial charge on any atom is -0.490 e. The van der Waals surface area contributed by atoms with Crippen LogP contribution in [0.5, 0.6) is 11.5 Å². The lowest BCUT2D eigenvalue weighted by Gasteiger charge is -2.24. The average Bonchev–Trinajstić information content (AvgIpc) is 2.41. The summed E-state index contributed by atoms with van der Waals surface area (Å²) in [5.74, 6) is 0.00789. The van der Waals surface area contributed by atoms with Crippen LogP contribution in [0.2, 0.25) is 0 Å². The molecule has 110 valence electrons. The Morgan fingerprint density at radius 3 is 2.80 bits per heavy atom. The van der Waals surface area contributed by atoms with Crippen molar-refractivity contribution in [2.45, 2.75) is 19.6 Å². The molecule has 1 aromatic rings. The Kier molecular flexibility index (Phi) is 4.73. The van der Waals surface area contributed by atoms with Crippen LogP contribution in [-0.2, 0) is 4.79 Å². The van der Waals surface area contributed by atoms with Gasteiger partial charge in [0, 0.05) is 13.1 Å². The van der Waals surface area contributed by atoms with Gasteiger partial charge in [-0.2, -0.15) is 8.78 Å². The van der Waals surface area contributed by atoms with Crippen molar-refractivity contribution in [1.29, 1.82) is 0 Å². The molecule has 1 unspecified atom stereocenters. The molecular formula is C13H16F2N2O3. The summed E-state index contributed by atoms with van der Waals surface area (Å²) < 4.78 is 34.3. The Hall–Kier alpha value is -1.89. The molecule has 0 aliphatic carbocycles. The molecule has 1 atom stereocenters. The van der Waals surface area contributed by atoms with Gasteiger partial charge >= 0.3 is 6.61 Å². The number of ether oxygens (including phenoxy) is 2. The molecule has 2 rings (SSSR count). The number of piperazine rings is 1. The van der Waals surface area contributed by atoms with Gasteiger partial charge in [0.1, 0.15) is 6.04 Å². The number of carbonyl (C=O) groups excluding carboxylic acids is 1. The van der Waals surface area contributed by atoms with Gasteiger partial charge in [-0.15, -0.1) is 0 Å². The van der Waals surface area contributed by atoms with E-state index in [-0.39, 0.29) is 17.4 Å². The number of nitrogens with one attached hydrogen (secondary N) is 2. The third-order valence-corrected chi connectivity index (χ3v) is 2.85. The number of halogens is 2. The molecule has 0 saturated carbocycles. The molecule has 5 nitrogen and oxygen atoms in total. The fourth-order valence-electron chi connectivity index (χ4n) is 2.03. The smallest absolute Gasteiger partial charge is 0.387 e. The summed E-state index contributed by atoms with van der Waals surface area (Å²) in [6, 6.07) is 3.99. The fraction of sp³-hybridized carbons (Fsp3) is 0.462. The number of alkyl halides is 2. The maximum absolute atomic E-state index is 12.3. The second-order valence-corrected chi connectivity index (χ2v) is 4.20. The molecule has 1 fully saturated rings. The average molecular weight is 286 g/mol. The maximum Gasteiger partial charge on any atom is 0.387 e. The molecule has 2 N–H and O–H groups in total. The summed E-state index contributed by atoms with van der Waals surface area (Å²) in [6.07, 6.45) is 0. The predicted octanol–water partition coefficient (Wildman–Crippen LogP) is 1.45. The number of rotatable bonds is 5. The van der Waals surface area contributed by atoms with Gasteiger partial charge in [0.15, 0.2) is 11.5 Å². The molecule has 1 heterocycles. The lowest BCUT2D eigenvalue weighted by molar-refractivity contribution is -0.124. The summed E-state index contributed by atoms with van der Waals surface area (Å²) in [6.45, 7) is 0.351. The van der Waals surface area contributed by atoms with Crippen LogP contribution < -0.4 is 20.1 Å². The molecule has 1 aromatic carbocycles. The van der Waals surface area contributed by atoms with Crippen molar-refractivity contribution in [3.8, 4) is 11.5 Å². The summed E-state index contributed by atoms with van der Waals surface area (Å²) in [5.41, 5.74) is 0.646. The number of carbonyl (C=O) groups is 1. The first-order chi connectivity index (χ1) is 9.61. The van der Waals surface area contributed by atoms with Crippen molar-refractivity contribution in [3.05, 3.63) is 23.8 Å². The van der Waals surface area contributed by atoms with Crippen LogP contribution in [0.3, 0.4) is 0 Å². The SMILES string of the molecule is CCOc1cc(C2NCCNC2=O)ccc1OC(F)F. The zero-order valence-electron chi connectivity index (χ0n) is 11.0. The second-order valence-electron chi connectivity index (χ2n) is 4.20. The Balaban J connectivity index is 2.26. The Bertz CT molecular complexity index is 483. The van der Waals surface area contributed by atoms with E-state index in [0.29, 0.717) is 25.3 Å². The molecule has 0 radical (unpaired) electrons. The summed E-state index contributed by atoms with van der Waals surface area (Å²) in [7, 11) is 0. The number of benzene rings is 1. The van der Waals surface area contributed by atoms with Gasteiger partial charge < -0.3 is 20.1 Å². The molecule has 0 bridgehead atoms. The van der Waals surface area contributed by atoms with Crippen LogP contribution in [0.15, 0.2) is 18.2 Å². The normalized spacial score (nSPS) is 18.8. The van der Waals surface area contributed by atoms with Crippen molar-refractivity contribution in [2.24, 2.45) is 0 Å². The summed E-state index contributed by atoms with van der Waals surface area (Å²) in [5, 5.41) is 5.79. The maximum atomic E-state index is 12.3. The van der Waals surface area contributed by atoms with Crippen LogP contribution >= 0.6 is 0 Å². The Morgan fingerprint density at radius 1 is 1.35 bits per heavy atom. The molecule has 7 heteroatoms. The highest BCUT2D eigenvalue weighted by Gasteiger charge is 2.24. The van der Waals surface area contributed by atoms with E-state index in [0.717, 1.165) is 0 Å². The Morgan fingerprint density at radius 2 is 2.15 bits per heavy atom. The van der Waals surface area contributed by atoms with E-state index < -0.39 is 12.7 Å². The van der Waals surface area contributed by atoms with E-state index in [4.69, 9.17) is 4.74 Å². The number of amides is 1. The zero-order valence-corrected chi connectivity index (χ0v) is 11.0. The third-order valence-electron chi connectivity index (χ3n) is 2.85. The summed E-state index contributed by atoms with van der Waals surface area (Å²) >= 11 is 0. The van der Waals surface area contributed by atoms with E-state index in [2.05, 4.69) is 15.4 Å². The number of hydrogen-bond acceptors (Lipinski definition) is 4. The third kappa shape index (κ3) is 3.36. The van der Waals surface area contributed by atoms with Gasteiger partial charge in [-0.05, 0) is 24.6 Å². The van der Waals surface area contributed by atoms with Gasteiger partial charge in [0.05, 0.1) is 6.61 Å². The first kappa shape index (κ1) is 14.5. The van der Waals surface area contributed by atoms with E-state index in [9.17, 15) is 13.6 Å². The highest BCUT2D eigenvalue weighted by atomic mass is 19.3. The molecule has 1 amide bonds. The van der Waals surface area contributed by atoms with Crippen LogP contribution in [0.4, 0.5) is 8.78 Å². The van der Waals surface area contributed by atoms with Gasteiger partial charge in [-0.1, -0.05) is 6.07 Å². The fourth-order valence-corrected chi connectivity index (χ4v) is 2.03. The first-order valence-corrected chi connectivity index (χ1v) is 6.34. The van der Waals surface area contributed by atoms with Crippen LogP contribution in [0, 0.1) is 0 Å². The van der Waals surface area contributed by atoms with Crippen LogP contribution in [0.1, 0.15) is 18.5 Å². The van der Waals surface area contributed by atoms with Crippen molar-refractivity contribution in [3.63, 3.8) is 0 Å². The van der Waals surface area contributed by atoms with Crippen molar-refractivity contribution < 1.29 is 23.0 Å². The molecule has 0 spiro atoms. The second kappa shape index (κ2) is 6.51. The van der Waals surface area contributed by atoms with Crippen molar-refractivity contribution >= 4 is 5.91 Å². The monoisotopic (exact) mass is 286 g/mol. The highest BCUT2D eigenvalue weighted by molar-refractivity contribution is 5.84. The molecule has 0 aromatic heterocycles. The highest BCUT2D eigenvalue weighted by Crippen LogP contribution is 2.32. The minimum atomic E-state index is -2.92. The van der Waals surface area contributed by atoms with Crippen molar-refractivity contribution in [2.75, 3.05) is 19.7 Å². The molecule has 1 aliphatic heterocycles. The van der Waals surface area contributed by atoms with Gasteiger partial charge in [0.25, 0.3) is 0 Å². The van der Waals surface area contributed by atoms with Crippen LogP contribution in [-0.4, -0.2) is 32.2 Å². The Labute approximate surface area is 115 Å². The summed E-state index contributed by atoms with van der Waals surface area (Å²) in [4.78, 5) is 11.8. The molecule has 1 saturated heterocycles. The minimum absolute atomic E-state index is 0.0400. The lowest BCUT2D eigenvalue weighted by atomic mass is 10.0. The van der Waals surface area contributed by atoms with Crippen molar-refractivity contribution in [1.82, 2.24) is 10.6 Å². The van der Waals surface area contributed by atoms with Gasteiger partial charge in [-0.3, -0.25) is 4.79 Å². The topological polar surface area (TPSA) is 59.6 Å². The predicted molar refractivity (Wildman–Crippen MR) is 68.0 cm³/mol. The van der Waals surface area contributed by atoms with Gasteiger partial charge in [0.2, 0.25) is 5.91 Å². The largest absolute Gasteiger partial charge is 0.490 e. The van der Waals surface area contributed by atoms with E-state index in [1.165, 1.54) is 6.07 Å². The van der Waals surface area contributed by atoms with E-state index in [1.807, 2.05) is 0 Å². The quantitative estimate of drug-likeness (QED) is 0.860. The van der Waals surface area contributed by atoms with Crippen LogP contribution in [0.25, 0.3) is 0 Å². The van der Waals surface area contributed by atoms with E-state index in [1.54, 1.807) is 19.1 Å². The molecule has 1 aliphatic rings. The standard InChI is InChI=1S/C13H16F2N2O3/c1-2-19-10-7-8(3-4-9(10)20-13(14)15)11-12(18)17-6-5-16-11/h3-4,7,11,13,16H,2,5-6H2,1H3,(H,17,18).